The lowest BCUT2D eigenvalue weighted by molar-refractivity contribution is 0.284. The number of aromatic nitrogens is 2. The number of rotatable bonds is 10. The molecular weight excluding hydrogens is 388 g/mol. The third kappa shape index (κ3) is 5.18. The third-order valence-corrected chi connectivity index (χ3v) is 5.29. The van der Waals surface area contributed by atoms with Crippen LogP contribution in [0.15, 0.2) is 72.8 Å². The first-order valence-corrected chi connectivity index (χ1v) is 10.6. The molecule has 1 aromatic heterocycles. The normalized spacial score (nSPS) is 10.9. The zero-order valence-corrected chi connectivity index (χ0v) is 18.1. The van der Waals surface area contributed by atoms with Crippen LogP contribution < -0.4 is 14.2 Å². The lowest BCUT2D eigenvalue weighted by Crippen LogP contribution is -2.09. The number of imidazole rings is 1. The van der Waals surface area contributed by atoms with Gasteiger partial charge < -0.3 is 18.8 Å². The molecule has 5 nitrogen and oxygen atoms in total. The lowest BCUT2D eigenvalue weighted by Gasteiger charge is -2.12. The number of hydrogen-bond acceptors (Lipinski definition) is 4. The zero-order valence-electron chi connectivity index (χ0n) is 18.1. The fraction of sp³-hybridized carbons (Fsp3) is 0.269. The highest BCUT2D eigenvalue weighted by molar-refractivity contribution is 5.75. The molecule has 0 aliphatic rings. The number of ether oxygens (including phenoxy) is 3. The lowest BCUT2D eigenvalue weighted by atomic mass is 10.2. The maximum Gasteiger partial charge on any atom is 0.147 e. The molecule has 0 aliphatic heterocycles. The Morgan fingerprint density at radius 1 is 0.806 bits per heavy atom. The molecule has 0 radical (unpaired) electrons. The SMILES string of the molecule is COc1ccc(OCc2nc3ccccc3n2CCCCOc2ccccc2C)cc1. The average molecular weight is 417 g/mol. The number of nitrogens with zero attached hydrogens (tertiary/aromatic N) is 2. The summed E-state index contributed by atoms with van der Waals surface area (Å²) in [5.74, 6) is 3.50. The summed E-state index contributed by atoms with van der Waals surface area (Å²) in [5, 5.41) is 0. The molecule has 0 amide bonds. The second-order valence-electron chi connectivity index (χ2n) is 7.45. The Bertz CT molecular complexity index is 1120. The van der Waals surface area contributed by atoms with Crippen LogP contribution >= 0.6 is 0 Å². The van der Waals surface area contributed by atoms with E-state index in [0.717, 1.165) is 53.5 Å². The van der Waals surface area contributed by atoms with Gasteiger partial charge in [0.15, 0.2) is 0 Å². The van der Waals surface area contributed by atoms with Crippen LogP contribution in [0.2, 0.25) is 0 Å². The molecule has 3 aromatic carbocycles. The Labute approximate surface area is 183 Å². The maximum atomic E-state index is 6.00. The summed E-state index contributed by atoms with van der Waals surface area (Å²) in [6.45, 7) is 4.07. The van der Waals surface area contributed by atoms with Gasteiger partial charge in [0, 0.05) is 6.54 Å². The molecule has 0 aliphatic carbocycles. The zero-order chi connectivity index (χ0) is 21.5. The smallest absolute Gasteiger partial charge is 0.147 e. The van der Waals surface area contributed by atoms with Crippen LogP contribution in [0.3, 0.4) is 0 Å². The molecule has 1 heterocycles. The van der Waals surface area contributed by atoms with E-state index in [1.165, 1.54) is 5.56 Å². The Hall–Kier alpha value is -3.47. The number of para-hydroxylation sites is 3. The molecule has 4 aromatic rings. The van der Waals surface area contributed by atoms with Gasteiger partial charge in [-0.05, 0) is 67.8 Å². The topological polar surface area (TPSA) is 45.5 Å². The van der Waals surface area contributed by atoms with E-state index in [4.69, 9.17) is 19.2 Å². The predicted molar refractivity (Wildman–Crippen MR) is 123 cm³/mol. The molecule has 0 N–H and O–H groups in total. The van der Waals surface area contributed by atoms with Crippen LogP contribution in [-0.4, -0.2) is 23.3 Å². The number of aryl methyl sites for hydroxylation is 2. The molecule has 0 saturated carbocycles. The highest BCUT2D eigenvalue weighted by Gasteiger charge is 2.11. The Balaban J connectivity index is 1.38. The van der Waals surface area contributed by atoms with Crippen molar-refractivity contribution in [2.24, 2.45) is 0 Å². The molecule has 5 heteroatoms. The highest BCUT2D eigenvalue weighted by atomic mass is 16.5. The first kappa shape index (κ1) is 20.8. The van der Waals surface area contributed by atoms with E-state index in [2.05, 4.69) is 29.7 Å². The summed E-state index contributed by atoms with van der Waals surface area (Å²) in [6.07, 6.45) is 1.97. The minimum Gasteiger partial charge on any atom is -0.497 e. The minimum absolute atomic E-state index is 0.417. The second kappa shape index (κ2) is 10.0. The molecule has 0 saturated heterocycles. The molecule has 0 bridgehead atoms. The van der Waals surface area contributed by atoms with Gasteiger partial charge in [-0.15, -0.1) is 0 Å². The Kier molecular flexibility index (Phi) is 6.72. The minimum atomic E-state index is 0.417. The van der Waals surface area contributed by atoms with E-state index in [-0.39, 0.29) is 0 Å². The molecule has 0 atom stereocenters. The van der Waals surface area contributed by atoms with Crippen molar-refractivity contribution in [3.8, 4) is 17.2 Å². The van der Waals surface area contributed by atoms with Gasteiger partial charge in [0.2, 0.25) is 0 Å². The van der Waals surface area contributed by atoms with Gasteiger partial charge in [-0.1, -0.05) is 30.3 Å². The summed E-state index contributed by atoms with van der Waals surface area (Å²) >= 11 is 0. The van der Waals surface area contributed by atoms with Crippen LogP contribution in [0.25, 0.3) is 11.0 Å². The van der Waals surface area contributed by atoms with Crippen molar-refractivity contribution in [3.63, 3.8) is 0 Å². The molecule has 4 rings (SSSR count). The molecule has 0 fully saturated rings. The maximum absolute atomic E-state index is 6.00. The predicted octanol–water partition coefficient (Wildman–Crippen LogP) is 5.79. The van der Waals surface area contributed by atoms with Gasteiger partial charge in [-0.25, -0.2) is 4.98 Å². The van der Waals surface area contributed by atoms with Crippen molar-refractivity contribution < 1.29 is 14.2 Å². The second-order valence-corrected chi connectivity index (χ2v) is 7.45. The van der Waals surface area contributed by atoms with E-state index >= 15 is 0 Å². The van der Waals surface area contributed by atoms with Gasteiger partial charge >= 0.3 is 0 Å². The third-order valence-electron chi connectivity index (χ3n) is 5.29. The summed E-state index contributed by atoms with van der Waals surface area (Å²) in [6, 6.07) is 24.0. The summed E-state index contributed by atoms with van der Waals surface area (Å²) in [5.41, 5.74) is 3.30. The molecule has 31 heavy (non-hydrogen) atoms. The van der Waals surface area contributed by atoms with E-state index in [9.17, 15) is 0 Å². The quantitative estimate of drug-likeness (QED) is 0.307. The van der Waals surface area contributed by atoms with Crippen LogP contribution in [0.5, 0.6) is 17.2 Å². The van der Waals surface area contributed by atoms with Crippen molar-refractivity contribution in [2.45, 2.75) is 32.9 Å². The first-order valence-electron chi connectivity index (χ1n) is 10.6. The van der Waals surface area contributed by atoms with Crippen LogP contribution in [0.1, 0.15) is 24.2 Å². The molecule has 0 unspecified atom stereocenters. The number of hydrogen-bond donors (Lipinski definition) is 0. The number of fused-ring (bicyclic) bond motifs is 1. The largest absolute Gasteiger partial charge is 0.497 e. The van der Waals surface area contributed by atoms with Crippen LogP contribution in [0, 0.1) is 6.92 Å². The van der Waals surface area contributed by atoms with Gasteiger partial charge in [-0.3, -0.25) is 0 Å². The van der Waals surface area contributed by atoms with E-state index in [1.54, 1.807) is 7.11 Å². The first-order chi connectivity index (χ1) is 15.2. The standard InChI is InChI=1S/C26H28N2O3/c1-20-9-3-6-12-25(20)30-18-8-7-17-28-24-11-5-4-10-23(24)27-26(28)19-31-22-15-13-21(29-2)14-16-22/h3-6,9-16H,7-8,17-19H2,1-2H3. The fourth-order valence-corrected chi connectivity index (χ4v) is 3.58. The number of unbranched alkanes of at least 4 members (excludes halogenated alkanes) is 1. The summed E-state index contributed by atoms with van der Waals surface area (Å²) < 4.78 is 19.4. The fourth-order valence-electron chi connectivity index (χ4n) is 3.58. The molecule has 0 spiro atoms. The van der Waals surface area contributed by atoms with Crippen molar-refractivity contribution in [3.05, 3.63) is 84.2 Å². The average Bonchev–Trinajstić information content (AvgIpc) is 3.16. The monoisotopic (exact) mass is 416 g/mol. The van der Waals surface area contributed by atoms with Gasteiger partial charge in [0.25, 0.3) is 0 Å². The van der Waals surface area contributed by atoms with Crippen molar-refractivity contribution in [1.82, 2.24) is 9.55 Å². The van der Waals surface area contributed by atoms with Crippen LogP contribution in [0.4, 0.5) is 0 Å². The molecular formula is C26H28N2O3. The summed E-state index contributed by atoms with van der Waals surface area (Å²) in [4.78, 5) is 4.80. The Morgan fingerprint density at radius 3 is 2.35 bits per heavy atom. The summed E-state index contributed by atoms with van der Waals surface area (Å²) in [7, 11) is 1.66. The van der Waals surface area contributed by atoms with Gasteiger partial charge in [-0.2, -0.15) is 0 Å². The van der Waals surface area contributed by atoms with Crippen molar-refractivity contribution in [2.75, 3.05) is 13.7 Å². The van der Waals surface area contributed by atoms with Crippen molar-refractivity contribution in [1.29, 1.82) is 0 Å². The van der Waals surface area contributed by atoms with E-state index in [0.29, 0.717) is 13.2 Å². The van der Waals surface area contributed by atoms with Crippen LogP contribution in [-0.2, 0) is 13.2 Å². The van der Waals surface area contributed by atoms with Gasteiger partial charge in [0.05, 0.1) is 24.8 Å². The Morgan fingerprint density at radius 2 is 1.55 bits per heavy atom. The van der Waals surface area contributed by atoms with Crippen molar-refractivity contribution >= 4 is 11.0 Å². The number of methoxy groups -OCH3 is 1. The van der Waals surface area contributed by atoms with E-state index < -0.39 is 0 Å². The van der Waals surface area contributed by atoms with E-state index in [1.807, 2.05) is 54.6 Å². The van der Waals surface area contributed by atoms with Gasteiger partial charge in [0.1, 0.15) is 29.7 Å². The highest BCUT2D eigenvalue weighted by Crippen LogP contribution is 2.21. The molecule has 160 valence electrons. The number of benzene rings is 3.